The normalized spacial score (nSPS) is 17.7. The summed E-state index contributed by atoms with van der Waals surface area (Å²) in [6.07, 6.45) is 2.59. The molecule has 23 heavy (non-hydrogen) atoms. The Balaban J connectivity index is 1.96. The van der Waals surface area contributed by atoms with E-state index in [1.807, 2.05) is 12.1 Å². The standard InChI is InChI=1S/C17H22N2O3S/c1-11-5-6-14-13(9-11)10-15(23-14)17(21)22-12(2)16(20)19(3)8-4-7-18/h10-12H,4-6,8-9H2,1-3H3/t11-,12-/m1/s1. The summed E-state index contributed by atoms with van der Waals surface area (Å²) < 4.78 is 5.30. The van der Waals surface area contributed by atoms with E-state index >= 15 is 0 Å². The zero-order chi connectivity index (χ0) is 17.0. The van der Waals surface area contributed by atoms with Crippen LogP contribution in [-0.4, -0.2) is 36.5 Å². The Labute approximate surface area is 140 Å². The van der Waals surface area contributed by atoms with Crippen LogP contribution < -0.4 is 0 Å². The number of nitriles is 1. The topological polar surface area (TPSA) is 70.4 Å². The summed E-state index contributed by atoms with van der Waals surface area (Å²) in [7, 11) is 1.61. The maximum absolute atomic E-state index is 12.3. The first-order valence-electron chi connectivity index (χ1n) is 7.86. The molecule has 0 unspecified atom stereocenters. The molecular formula is C17H22N2O3S. The van der Waals surface area contributed by atoms with E-state index in [0.29, 0.717) is 17.3 Å². The highest BCUT2D eigenvalue weighted by Crippen LogP contribution is 2.32. The lowest BCUT2D eigenvalue weighted by Gasteiger charge is -2.20. The van der Waals surface area contributed by atoms with E-state index in [-0.39, 0.29) is 12.3 Å². The first kappa shape index (κ1) is 17.5. The molecule has 0 saturated heterocycles. The minimum absolute atomic E-state index is 0.263. The van der Waals surface area contributed by atoms with E-state index in [1.54, 1.807) is 14.0 Å². The Morgan fingerprint density at radius 2 is 2.30 bits per heavy atom. The van der Waals surface area contributed by atoms with E-state index in [0.717, 1.165) is 19.3 Å². The van der Waals surface area contributed by atoms with Crippen LogP contribution in [0.4, 0.5) is 0 Å². The Morgan fingerprint density at radius 3 is 3.00 bits per heavy atom. The summed E-state index contributed by atoms with van der Waals surface area (Å²) in [5, 5.41) is 8.56. The highest BCUT2D eigenvalue weighted by molar-refractivity contribution is 7.14. The van der Waals surface area contributed by atoms with Crippen LogP contribution in [0.15, 0.2) is 6.07 Å². The fraction of sp³-hybridized carbons (Fsp3) is 0.588. The Hall–Kier alpha value is -1.87. The van der Waals surface area contributed by atoms with Crippen LogP contribution in [0.1, 0.15) is 46.8 Å². The van der Waals surface area contributed by atoms with Crippen molar-refractivity contribution < 1.29 is 14.3 Å². The van der Waals surface area contributed by atoms with Gasteiger partial charge in [0.2, 0.25) is 0 Å². The zero-order valence-corrected chi connectivity index (χ0v) is 14.6. The number of likely N-dealkylation sites (N-methyl/N-ethyl adjacent to an activating group) is 1. The van der Waals surface area contributed by atoms with Crippen molar-refractivity contribution in [2.75, 3.05) is 13.6 Å². The van der Waals surface area contributed by atoms with Crippen LogP contribution in [-0.2, 0) is 22.4 Å². The number of fused-ring (bicyclic) bond motifs is 1. The third kappa shape index (κ3) is 4.32. The van der Waals surface area contributed by atoms with Crippen molar-refractivity contribution in [1.29, 1.82) is 5.26 Å². The van der Waals surface area contributed by atoms with Crippen LogP contribution in [0, 0.1) is 17.2 Å². The highest BCUT2D eigenvalue weighted by Gasteiger charge is 2.25. The lowest BCUT2D eigenvalue weighted by Crippen LogP contribution is -2.37. The van der Waals surface area contributed by atoms with Crippen LogP contribution in [0.2, 0.25) is 0 Å². The SMILES string of the molecule is C[C@@H]1CCc2sc(C(=O)O[C@H](C)C(=O)N(C)CCC#N)cc2C1. The van der Waals surface area contributed by atoms with Gasteiger partial charge in [0.05, 0.1) is 12.5 Å². The predicted octanol–water partition coefficient (Wildman–Crippen LogP) is 2.79. The molecule has 0 bridgehead atoms. The molecule has 1 aromatic rings. The largest absolute Gasteiger partial charge is 0.448 e. The molecule has 1 aliphatic carbocycles. The van der Waals surface area contributed by atoms with Crippen LogP contribution >= 0.6 is 11.3 Å². The Kier molecular flexibility index (Phi) is 5.78. The summed E-state index contributed by atoms with van der Waals surface area (Å²) in [6.45, 7) is 4.12. The molecule has 124 valence electrons. The number of nitrogens with zero attached hydrogens (tertiary/aromatic N) is 2. The molecule has 1 aliphatic rings. The van der Waals surface area contributed by atoms with Gasteiger partial charge in [-0.1, -0.05) is 6.92 Å². The van der Waals surface area contributed by atoms with Crippen molar-refractivity contribution in [2.24, 2.45) is 5.92 Å². The molecule has 0 radical (unpaired) electrons. The predicted molar refractivity (Wildman–Crippen MR) is 88.3 cm³/mol. The van der Waals surface area contributed by atoms with E-state index in [2.05, 4.69) is 6.92 Å². The third-order valence-corrected chi connectivity index (χ3v) is 5.31. The molecule has 0 aliphatic heterocycles. The molecule has 2 atom stereocenters. The van der Waals surface area contributed by atoms with Gasteiger partial charge in [0.25, 0.3) is 5.91 Å². The number of esters is 1. The Morgan fingerprint density at radius 1 is 1.57 bits per heavy atom. The molecular weight excluding hydrogens is 312 g/mol. The quantitative estimate of drug-likeness (QED) is 0.776. The molecule has 6 heteroatoms. The minimum Gasteiger partial charge on any atom is -0.448 e. The lowest BCUT2D eigenvalue weighted by atomic mass is 9.90. The van der Waals surface area contributed by atoms with Crippen molar-refractivity contribution in [3.63, 3.8) is 0 Å². The second kappa shape index (κ2) is 7.60. The molecule has 2 rings (SSSR count). The maximum atomic E-state index is 12.3. The second-order valence-electron chi connectivity index (χ2n) is 6.12. The number of hydrogen-bond acceptors (Lipinski definition) is 5. The molecule has 5 nitrogen and oxygen atoms in total. The summed E-state index contributed by atoms with van der Waals surface area (Å²) in [5.41, 5.74) is 1.24. The first-order chi connectivity index (χ1) is 10.9. The van der Waals surface area contributed by atoms with Crippen molar-refractivity contribution in [2.45, 2.75) is 45.6 Å². The van der Waals surface area contributed by atoms with E-state index < -0.39 is 12.1 Å². The van der Waals surface area contributed by atoms with Crippen LogP contribution in [0.5, 0.6) is 0 Å². The number of rotatable bonds is 5. The summed E-state index contributed by atoms with van der Waals surface area (Å²) >= 11 is 1.48. The molecule has 0 N–H and O–H groups in total. The van der Waals surface area contributed by atoms with Gasteiger partial charge in [-0.05, 0) is 43.7 Å². The van der Waals surface area contributed by atoms with Gasteiger partial charge in [-0.2, -0.15) is 5.26 Å². The van der Waals surface area contributed by atoms with Gasteiger partial charge in [-0.25, -0.2) is 4.79 Å². The fourth-order valence-electron chi connectivity index (χ4n) is 2.71. The number of amides is 1. The number of ether oxygens (including phenoxy) is 1. The number of carbonyl (C=O) groups is 2. The molecule has 1 heterocycles. The average molecular weight is 334 g/mol. The van der Waals surface area contributed by atoms with Crippen molar-refractivity contribution in [1.82, 2.24) is 4.90 Å². The molecule has 0 spiro atoms. The maximum Gasteiger partial charge on any atom is 0.349 e. The highest BCUT2D eigenvalue weighted by atomic mass is 32.1. The van der Waals surface area contributed by atoms with Crippen molar-refractivity contribution >= 4 is 23.2 Å². The van der Waals surface area contributed by atoms with Gasteiger partial charge in [0.1, 0.15) is 4.88 Å². The number of thiophene rings is 1. The summed E-state index contributed by atoms with van der Waals surface area (Å²) in [5.74, 6) is -0.0783. The summed E-state index contributed by atoms with van der Waals surface area (Å²) in [6, 6.07) is 3.90. The van der Waals surface area contributed by atoms with Crippen molar-refractivity contribution in [3.8, 4) is 6.07 Å². The average Bonchev–Trinajstić information content (AvgIpc) is 2.94. The van der Waals surface area contributed by atoms with Gasteiger partial charge in [0, 0.05) is 18.5 Å². The first-order valence-corrected chi connectivity index (χ1v) is 8.68. The molecule has 0 fully saturated rings. The molecule has 1 aromatic heterocycles. The van der Waals surface area contributed by atoms with E-state index in [1.165, 1.54) is 26.7 Å². The van der Waals surface area contributed by atoms with Gasteiger partial charge >= 0.3 is 5.97 Å². The Bertz CT molecular complexity index is 632. The molecule has 0 aromatic carbocycles. The number of carbonyl (C=O) groups excluding carboxylic acids is 2. The zero-order valence-electron chi connectivity index (χ0n) is 13.8. The second-order valence-corrected chi connectivity index (χ2v) is 7.26. The van der Waals surface area contributed by atoms with E-state index in [9.17, 15) is 9.59 Å². The fourth-order valence-corrected chi connectivity index (χ4v) is 3.81. The van der Waals surface area contributed by atoms with Crippen LogP contribution in [0.25, 0.3) is 0 Å². The smallest absolute Gasteiger partial charge is 0.349 e. The monoisotopic (exact) mass is 334 g/mol. The van der Waals surface area contributed by atoms with Gasteiger partial charge in [-0.15, -0.1) is 11.3 Å². The van der Waals surface area contributed by atoms with Gasteiger partial charge in [-0.3, -0.25) is 4.79 Å². The molecule has 0 saturated carbocycles. The lowest BCUT2D eigenvalue weighted by molar-refractivity contribution is -0.138. The third-order valence-electron chi connectivity index (χ3n) is 4.10. The number of aryl methyl sites for hydroxylation is 1. The van der Waals surface area contributed by atoms with Gasteiger partial charge < -0.3 is 9.64 Å². The minimum atomic E-state index is -0.843. The van der Waals surface area contributed by atoms with Crippen molar-refractivity contribution in [3.05, 3.63) is 21.4 Å². The van der Waals surface area contributed by atoms with E-state index in [4.69, 9.17) is 10.00 Å². The van der Waals surface area contributed by atoms with Gasteiger partial charge in [0.15, 0.2) is 6.10 Å². The summed E-state index contributed by atoms with van der Waals surface area (Å²) in [4.78, 5) is 27.6. The number of hydrogen-bond donors (Lipinski definition) is 0. The molecule has 1 amide bonds. The van der Waals surface area contributed by atoms with Crippen LogP contribution in [0.3, 0.4) is 0 Å².